The molecule has 3 nitrogen and oxygen atoms in total. The maximum atomic E-state index is 11.0. The highest BCUT2D eigenvalue weighted by Gasteiger charge is 2.28. The minimum atomic E-state index is -0.974. The summed E-state index contributed by atoms with van der Waals surface area (Å²) >= 11 is 0. The predicted molar refractivity (Wildman–Crippen MR) is 84.3 cm³/mol. The Morgan fingerprint density at radius 3 is 2.71 bits per heavy atom. The molecular formula is C18H24N2O. The van der Waals surface area contributed by atoms with Gasteiger partial charge in [-0.25, -0.2) is 0 Å². The average Bonchev–Trinajstić information content (AvgIpc) is 2.96. The Hall–Kier alpha value is -1.61. The summed E-state index contributed by atoms with van der Waals surface area (Å²) in [5.41, 5.74) is 3.71. The number of nitrogens with zero attached hydrogens (tertiary/aromatic N) is 2. The SMILES string of the molecule is CCCn1cc(C(C)(O)c2ccc3c(c2)CCCC3)cn1. The number of hydrogen-bond acceptors (Lipinski definition) is 2. The monoisotopic (exact) mass is 284 g/mol. The van der Waals surface area contributed by atoms with Crippen LogP contribution < -0.4 is 0 Å². The lowest BCUT2D eigenvalue weighted by molar-refractivity contribution is 0.102. The molecule has 1 aromatic carbocycles. The molecule has 0 aliphatic heterocycles. The van der Waals surface area contributed by atoms with Crippen LogP contribution in [0.3, 0.4) is 0 Å². The van der Waals surface area contributed by atoms with Gasteiger partial charge in [0.05, 0.1) is 6.20 Å². The Morgan fingerprint density at radius 2 is 1.95 bits per heavy atom. The van der Waals surface area contributed by atoms with Crippen LogP contribution in [0.15, 0.2) is 30.6 Å². The van der Waals surface area contributed by atoms with Crippen LogP contribution in [0, 0.1) is 0 Å². The second-order valence-corrected chi connectivity index (χ2v) is 6.25. The van der Waals surface area contributed by atoms with E-state index in [0.717, 1.165) is 30.5 Å². The van der Waals surface area contributed by atoms with E-state index in [1.54, 1.807) is 6.20 Å². The summed E-state index contributed by atoms with van der Waals surface area (Å²) in [6, 6.07) is 6.45. The molecule has 1 aliphatic rings. The molecule has 3 rings (SSSR count). The second kappa shape index (κ2) is 5.64. The van der Waals surface area contributed by atoms with E-state index in [9.17, 15) is 5.11 Å². The summed E-state index contributed by atoms with van der Waals surface area (Å²) in [5, 5.41) is 15.3. The van der Waals surface area contributed by atoms with Gasteiger partial charge >= 0.3 is 0 Å². The first-order chi connectivity index (χ1) is 10.1. The minimum Gasteiger partial charge on any atom is -0.381 e. The smallest absolute Gasteiger partial charge is 0.115 e. The topological polar surface area (TPSA) is 38.0 Å². The van der Waals surface area contributed by atoms with Gasteiger partial charge in [0.1, 0.15) is 5.60 Å². The molecule has 1 aromatic heterocycles. The maximum Gasteiger partial charge on any atom is 0.115 e. The highest BCUT2D eigenvalue weighted by molar-refractivity contribution is 5.40. The van der Waals surface area contributed by atoms with Gasteiger partial charge in [0.15, 0.2) is 0 Å². The summed E-state index contributed by atoms with van der Waals surface area (Å²) in [6.07, 6.45) is 9.64. The third-order valence-electron chi connectivity index (χ3n) is 4.56. The minimum absolute atomic E-state index is 0.867. The van der Waals surface area contributed by atoms with Crippen LogP contribution in [0.2, 0.25) is 0 Å². The lowest BCUT2D eigenvalue weighted by Gasteiger charge is -2.25. The van der Waals surface area contributed by atoms with Gasteiger partial charge in [0, 0.05) is 18.3 Å². The lowest BCUT2D eigenvalue weighted by Crippen LogP contribution is -2.23. The normalized spacial score (nSPS) is 17.3. The summed E-state index contributed by atoms with van der Waals surface area (Å²) in [6.45, 7) is 4.88. The molecule has 0 fully saturated rings. The molecule has 0 spiro atoms. The molecule has 1 N–H and O–H groups in total. The fourth-order valence-electron chi connectivity index (χ4n) is 3.17. The van der Waals surface area contributed by atoms with E-state index in [2.05, 4.69) is 30.2 Å². The van der Waals surface area contributed by atoms with Crippen LogP contribution in [-0.4, -0.2) is 14.9 Å². The zero-order chi connectivity index (χ0) is 14.9. The Bertz CT molecular complexity index is 628. The van der Waals surface area contributed by atoms with Crippen LogP contribution >= 0.6 is 0 Å². The molecular weight excluding hydrogens is 260 g/mol. The lowest BCUT2D eigenvalue weighted by atomic mass is 9.84. The van der Waals surface area contributed by atoms with Crippen LogP contribution in [0.1, 0.15) is 55.4 Å². The molecule has 2 aromatic rings. The molecule has 1 atom stereocenters. The summed E-state index contributed by atoms with van der Waals surface area (Å²) < 4.78 is 1.90. The summed E-state index contributed by atoms with van der Waals surface area (Å²) in [5.74, 6) is 0. The van der Waals surface area contributed by atoms with E-state index < -0.39 is 5.60 Å². The van der Waals surface area contributed by atoms with E-state index in [4.69, 9.17) is 0 Å². The summed E-state index contributed by atoms with van der Waals surface area (Å²) in [4.78, 5) is 0. The molecule has 1 aliphatic carbocycles. The molecule has 1 heterocycles. The molecule has 112 valence electrons. The Balaban J connectivity index is 1.92. The van der Waals surface area contributed by atoms with Crippen LogP contribution in [0.25, 0.3) is 0 Å². The average molecular weight is 284 g/mol. The second-order valence-electron chi connectivity index (χ2n) is 6.25. The third kappa shape index (κ3) is 2.75. The largest absolute Gasteiger partial charge is 0.381 e. The van der Waals surface area contributed by atoms with Gasteiger partial charge in [-0.3, -0.25) is 4.68 Å². The van der Waals surface area contributed by atoms with Crippen molar-refractivity contribution in [3.8, 4) is 0 Å². The number of benzene rings is 1. The van der Waals surface area contributed by atoms with Crippen molar-refractivity contribution in [2.45, 2.75) is 58.1 Å². The van der Waals surface area contributed by atoms with Crippen molar-refractivity contribution in [1.29, 1.82) is 0 Å². The first-order valence-electron chi connectivity index (χ1n) is 7.99. The van der Waals surface area contributed by atoms with Gasteiger partial charge in [-0.2, -0.15) is 5.10 Å². The van der Waals surface area contributed by atoms with E-state index in [1.807, 2.05) is 17.8 Å². The van der Waals surface area contributed by atoms with Crippen LogP contribution in [0.4, 0.5) is 0 Å². The highest BCUT2D eigenvalue weighted by atomic mass is 16.3. The third-order valence-corrected chi connectivity index (χ3v) is 4.56. The number of hydrogen-bond donors (Lipinski definition) is 1. The molecule has 0 saturated heterocycles. The molecule has 21 heavy (non-hydrogen) atoms. The van der Waals surface area contributed by atoms with Crippen molar-refractivity contribution in [2.75, 3.05) is 0 Å². The van der Waals surface area contributed by atoms with Crippen LogP contribution in [-0.2, 0) is 25.0 Å². The molecule has 1 unspecified atom stereocenters. The molecule has 0 amide bonds. The molecule has 0 radical (unpaired) electrons. The van der Waals surface area contributed by atoms with E-state index >= 15 is 0 Å². The standard InChI is InChI=1S/C18H24N2O/c1-3-10-20-13-17(12-19-20)18(2,21)16-9-8-14-6-4-5-7-15(14)11-16/h8-9,11-13,21H,3-7,10H2,1-2H3. The fourth-order valence-corrected chi connectivity index (χ4v) is 3.17. The highest BCUT2D eigenvalue weighted by Crippen LogP contribution is 2.32. The maximum absolute atomic E-state index is 11.0. The van der Waals surface area contributed by atoms with Gasteiger partial charge in [-0.15, -0.1) is 0 Å². The van der Waals surface area contributed by atoms with Crippen molar-refractivity contribution in [3.05, 3.63) is 52.8 Å². The van der Waals surface area contributed by atoms with Gasteiger partial charge < -0.3 is 5.11 Å². The summed E-state index contributed by atoms with van der Waals surface area (Å²) in [7, 11) is 0. The first-order valence-corrected chi connectivity index (χ1v) is 7.99. The van der Waals surface area contributed by atoms with E-state index in [0.29, 0.717) is 0 Å². The predicted octanol–water partition coefficient (Wildman–Crippen LogP) is 3.43. The van der Waals surface area contributed by atoms with Crippen molar-refractivity contribution in [2.24, 2.45) is 0 Å². The number of aromatic nitrogens is 2. The van der Waals surface area contributed by atoms with Crippen molar-refractivity contribution in [3.63, 3.8) is 0 Å². The fraction of sp³-hybridized carbons (Fsp3) is 0.500. The quantitative estimate of drug-likeness (QED) is 0.934. The zero-order valence-electron chi connectivity index (χ0n) is 13.0. The van der Waals surface area contributed by atoms with Crippen molar-refractivity contribution < 1.29 is 5.11 Å². The van der Waals surface area contributed by atoms with Gasteiger partial charge in [-0.05, 0) is 55.7 Å². The molecule has 0 bridgehead atoms. The van der Waals surface area contributed by atoms with Crippen molar-refractivity contribution in [1.82, 2.24) is 9.78 Å². The van der Waals surface area contributed by atoms with Crippen LogP contribution in [0.5, 0.6) is 0 Å². The first kappa shape index (κ1) is 14.3. The Morgan fingerprint density at radius 1 is 1.19 bits per heavy atom. The van der Waals surface area contributed by atoms with Gasteiger partial charge in [0.25, 0.3) is 0 Å². The Kier molecular flexibility index (Phi) is 3.85. The van der Waals surface area contributed by atoms with Crippen molar-refractivity contribution >= 4 is 0 Å². The number of aryl methyl sites for hydroxylation is 3. The van der Waals surface area contributed by atoms with E-state index in [-0.39, 0.29) is 0 Å². The number of rotatable bonds is 4. The molecule has 0 saturated carbocycles. The van der Waals surface area contributed by atoms with E-state index in [1.165, 1.54) is 30.4 Å². The number of aliphatic hydroxyl groups is 1. The molecule has 3 heteroatoms. The van der Waals surface area contributed by atoms with Gasteiger partial charge in [0.2, 0.25) is 0 Å². The zero-order valence-corrected chi connectivity index (χ0v) is 13.0. The van der Waals surface area contributed by atoms with Gasteiger partial charge in [-0.1, -0.05) is 25.1 Å². The Labute approximate surface area is 126 Å². The number of fused-ring (bicyclic) bond motifs is 1.